The monoisotopic (exact) mass is 447 g/mol. The van der Waals surface area contributed by atoms with Gasteiger partial charge in [-0.25, -0.2) is 0 Å². The van der Waals surface area contributed by atoms with Crippen LogP contribution in [0.3, 0.4) is 0 Å². The number of likely N-dealkylation sites (N-methyl/N-ethyl adjacent to an activating group) is 1. The minimum Gasteiger partial charge on any atom is -0.496 e. The lowest BCUT2D eigenvalue weighted by Gasteiger charge is -2.16. The van der Waals surface area contributed by atoms with Crippen LogP contribution in [0.1, 0.15) is 36.6 Å². The lowest BCUT2D eigenvalue weighted by atomic mass is 10.1. The molecule has 2 heterocycles. The standard InChI is InChI=1S/C24H25N5O4/c1-27(2)10-11-28-15-17(13-25-28)26-22(30)20-12-16(8-9-21(20)33-3)14-29-23(31)18-6-4-5-7-19(18)24(29)32/h4-9,12-13,15H,10-11,14H2,1-3H3,(H,26,30). The molecule has 0 radical (unpaired) electrons. The summed E-state index contributed by atoms with van der Waals surface area (Å²) in [5.74, 6) is -0.674. The number of aromatic nitrogens is 2. The third-order valence-corrected chi connectivity index (χ3v) is 5.39. The molecule has 0 unspecified atom stereocenters. The van der Waals surface area contributed by atoms with E-state index in [1.165, 1.54) is 12.0 Å². The lowest BCUT2D eigenvalue weighted by Crippen LogP contribution is -2.29. The van der Waals surface area contributed by atoms with Gasteiger partial charge < -0.3 is 15.0 Å². The number of nitrogens with zero attached hydrogens (tertiary/aromatic N) is 4. The van der Waals surface area contributed by atoms with Crippen molar-refractivity contribution in [1.82, 2.24) is 19.6 Å². The number of rotatable bonds is 8. The van der Waals surface area contributed by atoms with Crippen LogP contribution in [0.4, 0.5) is 5.69 Å². The smallest absolute Gasteiger partial charge is 0.261 e. The van der Waals surface area contributed by atoms with E-state index in [1.54, 1.807) is 59.5 Å². The third kappa shape index (κ3) is 4.63. The van der Waals surface area contributed by atoms with Crippen molar-refractivity contribution in [1.29, 1.82) is 0 Å². The Labute approximate surface area is 191 Å². The highest BCUT2D eigenvalue weighted by molar-refractivity contribution is 6.21. The van der Waals surface area contributed by atoms with Crippen molar-refractivity contribution in [3.05, 3.63) is 77.1 Å². The molecule has 0 saturated carbocycles. The Balaban J connectivity index is 1.51. The summed E-state index contributed by atoms with van der Waals surface area (Å²) in [4.78, 5) is 41.6. The normalized spacial score (nSPS) is 12.9. The van der Waals surface area contributed by atoms with Crippen LogP contribution < -0.4 is 10.1 Å². The van der Waals surface area contributed by atoms with Gasteiger partial charge in [0, 0.05) is 12.7 Å². The van der Waals surface area contributed by atoms with Crippen LogP contribution in [0.25, 0.3) is 0 Å². The van der Waals surface area contributed by atoms with Crippen LogP contribution in [-0.2, 0) is 13.1 Å². The maximum atomic E-state index is 13.0. The van der Waals surface area contributed by atoms with Crippen LogP contribution >= 0.6 is 0 Å². The molecule has 9 heteroatoms. The van der Waals surface area contributed by atoms with E-state index in [4.69, 9.17) is 4.74 Å². The first-order valence-corrected chi connectivity index (χ1v) is 10.5. The molecule has 0 atom stereocenters. The third-order valence-electron chi connectivity index (χ3n) is 5.39. The highest BCUT2D eigenvalue weighted by Crippen LogP contribution is 2.27. The Morgan fingerprint density at radius 1 is 1.09 bits per heavy atom. The lowest BCUT2D eigenvalue weighted by molar-refractivity contribution is 0.0642. The molecule has 0 fully saturated rings. The molecule has 0 spiro atoms. The molecule has 1 aliphatic rings. The highest BCUT2D eigenvalue weighted by atomic mass is 16.5. The van der Waals surface area contributed by atoms with E-state index in [1.807, 2.05) is 19.0 Å². The van der Waals surface area contributed by atoms with Gasteiger partial charge in [0.05, 0.1) is 48.8 Å². The summed E-state index contributed by atoms with van der Waals surface area (Å²) in [5.41, 5.74) is 2.27. The van der Waals surface area contributed by atoms with Crippen LogP contribution in [0.2, 0.25) is 0 Å². The second kappa shape index (κ2) is 9.25. The zero-order valence-electron chi connectivity index (χ0n) is 18.7. The molecular formula is C24H25N5O4. The fourth-order valence-electron chi connectivity index (χ4n) is 3.65. The Kier molecular flexibility index (Phi) is 6.23. The first-order chi connectivity index (χ1) is 15.9. The van der Waals surface area contributed by atoms with Gasteiger partial charge in [0.2, 0.25) is 0 Å². The molecule has 0 bridgehead atoms. The summed E-state index contributed by atoms with van der Waals surface area (Å²) >= 11 is 0. The van der Waals surface area contributed by atoms with Crippen molar-refractivity contribution in [3.8, 4) is 5.75 Å². The number of imide groups is 1. The number of amides is 3. The average molecular weight is 447 g/mol. The predicted molar refractivity (Wildman–Crippen MR) is 122 cm³/mol. The molecule has 1 aromatic heterocycles. The van der Waals surface area contributed by atoms with Crippen LogP contribution in [0.15, 0.2) is 54.9 Å². The van der Waals surface area contributed by atoms with Crippen molar-refractivity contribution in [2.75, 3.05) is 33.1 Å². The summed E-state index contributed by atoms with van der Waals surface area (Å²) in [7, 11) is 5.44. The number of benzene rings is 2. The number of hydrogen-bond acceptors (Lipinski definition) is 6. The zero-order valence-corrected chi connectivity index (χ0v) is 18.7. The number of anilines is 1. The Morgan fingerprint density at radius 3 is 2.42 bits per heavy atom. The summed E-state index contributed by atoms with van der Waals surface area (Å²) in [6.45, 7) is 1.57. The van der Waals surface area contributed by atoms with Gasteiger partial charge in [0.25, 0.3) is 17.7 Å². The van der Waals surface area contributed by atoms with E-state index in [0.29, 0.717) is 40.2 Å². The first kappa shape index (κ1) is 22.2. The van der Waals surface area contributed by atoms with Gasteiger partial charge in [-0.15, -0.1) is 0 Å². The second-order valence-electron chi connectivity index (χ2n) is 8.03. The van der Waals surface area contributed by atoms with E-state index < -0.39 is 0 Å². The number of ether oxygens (including phenoxy) is 1. The fraction of sp³-hybridized carbons (Fsp3) is 0.250. The van der Waals surface area contributed by atoms with Gasteiger partial charge in [-0.05, 0) is 43.9 Å². The van der Waals surface area contributed by atoms with Crippen LogP contribution in [0, 0.1) is 0 Å². The van der Waals surface area contributed by atoms with Gasteiger partial charge in [-0.1, -0.05) is 18.2 Å². The van der Waals surface area contributed by atoms with E-state index in [0.717, 1.165) is 6.54 Å². The van der Waals surface area contributed by atoms with E-state index >= 15 is 0 Å². The summed E-state index contributed by atoms with van der Waals surface area (Å²) in [6.07, 6.45) is 3.35. The van der Waals surface area contributed by atoms with E-state index in [9.17, 15) is 14.4 Å². The summed E-state index contributed by atoms with van der Waals surface area (Å²) in [5, 5.41) is 7.09. The van der Waals surface area contributed by atoms with Gasteiger partial charge in [-0.2, -0.15) is 5.10 Å². The SMILES string of the molecule is COc1ccc(CN2C(=O)c3ccccc3C2=O)cc1C(=O)Nc1cnn(CCN(C)C)c1. The molecule has 3 aromatic rings. The largest absolute Gasteiger partial charge is 0.496 e. The molecule has 0 aliphatic carbocycles. The number of carbonyl (C=O) groups excluding carboxylic acids is 3. The van der Waals surface area contributed by atoms with Gasteiger partial charge in [0.15, 0.2) is 0 Å². The number of hydrogen-bond donors (Lipinski definition) is 1. The van der Waals surface area contributed by atoms with Crippen molar-refractivity contribution in [2.24, 2.45) is 0 Å². The van der Waals surface area contributed by atoms with Crippen LogP contribution in [-0.4, -0.2) is 65.1 Å². The van der Waals surface area contributed by atoms with Gasteiger partial charge >= 0.3 is 0 Å². The Bertz CT molecular complexity index is 1180. The van der Waals surface area contributed by atoms with Crippen molar-refractivity contribution in [3.63, 3.8) is 0 Å². The highest BCUT2D eigenvalue weighted by Gasteiger charge is 2.35. The number of fused-ring (bicyclic) bond motifs is 1. The minimum atomic E-state index is -0.372. The fourth-order valence-corrected chi connectivity index (χ4v) is 3.65. The maximum Gasteiger partial charge on any atom is 0.261 e. The molecule has 2 aromatic carbocycles. The second-order valence-corrected chi connectivity index (χ2v) is 8.03. The molecule has 4 rings (SSSR count). The van der Waals surface area contributed by atoms with Crippen molar-refractivity contribution in [2.45, 2.75) is 13.1 Å². The van der Waals surface area contributed by atoms with E-state index in [-0.39, 0.29) is 24.3 Å². The molecule has 1 aliphatic heterocycles. The average Bonchev–Trinajstić information content (AvgIpc) is 3.36. The molecule has 170 valence electrons. The van der Waals surface area contributed by atoms with Crippen molar-refractivity contribution >= 4 is 23.4 Å². The molecular weight excluding hydrogens is 422 g/mol. The minimum absolute atomic E-state index is 0.0547. The Morgan fingerprint density at radius 2 is 1.79 bits per heavy atom. The first-order valence-electron chi connectivity index (χ1n) is 10.5. The molecule has 0 saturated heterocycles. The topological polar surface area (TPSA) is 96.8 Å². The van der Waals surface area contributed by atoms with Gasteiger partial charge in [0.1, 0.15) is 5.75 Å². The summed E-state index contributed by atoms with van der Waals surface area (Å²) in [6, 6.07) is 11.8. The maximum absolute atomic E-state index is 13.0. The van der Waals surface area contributed by atoms with E-state index in [2.05, 4.69) is 10.4 Å². The van der Waals surface area contributed by atoms with Crippen molar-refractivity contribution < 1.29 is 19.1 Å². The number of carbonyl (C=O) groups is 3. The number of methoxy groups -OCH3 is 1. The molecule has 9 nitrogen and oxygen atoms in total. The Hall–Kier alpha value is -3.98. The number of nitrogens with one attached hydrogen (secondary N) is 1. The summed E-state index contributed by atoms with van der Waals surface area (Å²) < 4.78 is 7.11. The zero-order chi connectivity index (χ0) is 23.5. The van der Waals surface area contributed by atoms with Crippen LogP contribution in [0.5, 0.6) is 5.75 Å². The van der Waals surface area contributed by atoms with Gasteiger partial charge in [-0.3, -0.25) is 24.0 Å². The molecule has 3 amide bonds. The quantitative estimate of drug-likeness (QED) is 0.533. The molecule has 33 heavy (non-hydrogen) atoms. The predicted octanol–water partition coefficient (Wildman–Crippen LogP) is 2.50. The molecule has 1 N–H and O–H groups in total.